The van der Waals surface area contributed by atoms with E-state index < -0.39 is 9.84 Å². The first-order chi connectivity index (χ1) is 8.96. The number of rotatable bonds is 3. The van der Waals surface area contributed by atoms with Crippen LogP contribution >= 0.6 is 0 Å². The summed E-state index contributed by atoms with van der Waals surface area (Å²) >= 11 is 0. The topological polar surface area (TPSA) is 43.4 Å². The van der Waals surface area contributed by atoms with E-state index in [0.29, 0.717) is 9.79 Å². The summed E-state index contributed by atoms with van der Waals surface area (Å²) in [5.41, 5.74) is 1.63. The van der Waals surface area contributed by atoms with Crippen LogP contribution in [0.4, 0.5) is 0 Å². The first-order valence-corrected chi connectivity index (χ1v) is 7.40. The summed E-state index contributed by atoms with van der Waals surface area (Å²) in [7, 11) is -1.88. The van der Waals surface area contributed by atoms with Crippen LogP contribution < -0.4 is 4.74 Å². The number of methoxy groups -OCH3 is 1. The first-order valence-electron chi connectivity index (χ1n) is 5.92. The molecule has 0 heterocycles. The highest BCUT2D eigenvalue weighted by Crippen LogP contribution is 2.29. The second-order valence-corrected chi connectivity index (χ2v) is 6.36. The summed E-state index contributed by atoms with van der Waals surface area (Å²) < 4.78 is 30.2. The molecule has 0 saturated carbocycles. The molecule has 0 fully saturated rings. The molecule has 0 aromatic heterocycles. The minimum Gasteiger partial charge on any atom is -0.496 e. The molecule has 0 spiro atoms. The fraction of sp³-hybridized carbons (Fsp3) is 0.200. The van der Waals surface area contributed by atoms with Crippen molar-refractivity contribution in [2.24, 2.45) is 0 Å². The number of aryl methyl sites for hydroxylation is 2. The Labute approximate surface area is 113 Å². The lowest BCUT2D eigenvalue weighted by Crippen LogP contribution is -2.03. The van der Waals surface area contributed by atoms with Crippen molar-refractivity contribution in [3.05, 3.63) is 53.6 Å². The zero-order valence-corrected chi connectivity index (χ0v) is 12.0. The standard InChI is InChI=1S/C15H16O3S/c1-11-9-14(10-12(2)15(11)18-3)19(16,17)13-7-5-4-6-8-13/h4-10H,1-3H3. The lowest BCUT2D eigenvalue weighted by atomic mass is 10.1. The Bertz CT molecular complexity index is 666. The Balaban J connectivity index is 2.60. The van der Waals surface area contributed by atoms with Gasteiger partial charge in [-0.2, -0.15) is 0 Å². The fourth-order valence-electron chi connectivity index (χ4n) is 2.12. The van der Waals surface area contributed by atoms with Crippen LogP contribution in [0.1, 0.15) is 11.1 Å². The van der Waals surface area contributed by atoms with Crippen LogP contribution in [0.25, 0.3) is 0 Å². The molecule has 0 aliphatic rings. The predicted molar refractivity (Wildman–Crippen MR) is 74.4 cm³/mol. The van der Waals surface area contributed by atoms with Crippen LogP contribution in [0.2, 0.25) is 0 Å². The van der Waals surface area contributed by atoms with Gasteiger partial charge in [-0.3, -0.25) is 0 Å². The van der Waals surface area contributed by atoms with Crippen molar-refractivity contribution in [2.75, 3.05) is 7.11 Å². The molecule has 0 atom stereocenters. The van der Waals surface area contributed by atoms with Crippen LogP contribution in [0.5, 0.6) is 5.75 Å². The van der Waals surface area contributed by atoms with E-state index in [2.05, 4.69) is 0 Å². The number of benzene rings is 2. The third-order valence-electron chi connectivity index (χ3n) is 3.00. The molecule has 19 heavy (non-hydrogen) atoms. The maximum Gasteiger partial charge on any atom is 0.206 e. The molecule has 0 amide bonds. The monoisotopic (exact) mass is 276 g/mol. The van der Waals surface area contributed by atoms with Crippen LogP contribution in [-0.4, -0.2) is 15.5 Å². The Hall–Kier alpha value is -1.81. The van der Waals surface area contributed by atoms with Gasteiger partial charge in [0, 0.05) is 0 Å². The SMILES string of the molecule is COc1c(C)cc(S(=O)(=O)c2ccccc2)cc1C. The van der Waals surface area contributed by atoms with Crippen LogP contribution in [-0.2, 0) is 9.84 Å². The second kappa shape index (κ2) is 5.05. The quantitative estimate of drug-likeness (QED) is 0.865. The van der Waals surface area contributed by atoms with Crippen molar-refractivity contribution in [1.82, 2.24) is 0 Å². The molecule has 3 nitrogen and oxygen atoms in total. The Morgan fingerprint density at radius 2 is 1.42 bits per heavy atom. The second-order valence-electron chi connectivity index (χ2n) is 4.41. The molecule has 0 saturated heterocycles. The zero-order valence-electron chi connectivity index (χ0n) is 11.2. The van der Waals surface area contributed by atoms with Gasteiger partial charge < -0.3 is 4.74 Å². The molecule has 2 rings (SSSR count). The summed E-state index contributed by atoms with van der Waals surface area (Å²) in [5, 5.41) is 0. The molecular weight excluding hydrogens is 260 g/mol. The maximum atomic E-state index is 12.5. The van der Waals surface area contributed by atoms with Gasteiger partial charge in [0.25, 0.3) is 0 Å². The van der Waals surface area contributed by atoms with Gasteiger partial charge in [-0.05, 0) is 49.2 Å². The van der Waals surface area contributed by atoms with Crippen molar-refractivity contribution in [3.8, 4) is 5.75 Å². The minimum atomic E-state index is -3.46. The van der Waals surface area contributed by atoms with E-state index in [1.807, 2.05) is 13.8 Å². The Morgan fingerprint density at radius 1 is 0.895 bits per heavy atom. The number of ether oxygens (including phenoxy) is 1. The highest BCUT2D eigenvalue weighted by Gasteiger charge is 2.19. The molecule has 0 bridgehead atoms. The molecule has 0 N–H and O–H groups in total. The van der Waals surface area contributed by atoms with Crippen molar-refractivity contribution in [1.29, 1.82) is 0 Å². The fourth-order valence-corrected chi connectivity index (χ4v) is 3.57. The molecule has 0 aliphatic heterocycles. The van der Waals surface area contributed by atoms with Gasteiger partial charge in [0.05, 0.1) is 16.9 Å². The molecule has 100 valence electrons. The summed E-state index contributed by atoms with van der Waals surface area (Å²) in [5.74, 6) is 0.729. The summed E-state index contributed by atoms with van der Waals surface area (Å²) in [4.78, 5) is 0.605. The number of hydrogen-bond acceptors (Lipinski definition) is 3. The first kappa shape index (κ1) is 13.6. The van der Waals surface area contributed by atoms with Gasteiger partial charge in [0.1, 0.15) is 5.75 Å². The van der Waals surface area contributed by atoms with E-state index in [0.717, 1.165) is 16.9 Å². The smallest absolute Gasteiger partial charge is 0.206 e. The van der Waals surface area contributed by atoms with Crippen molar-refractivity contribution in [3.63, 3.8) is 0 Å². The molecule has 0 radical (unpaired) electrons. The van der Waals surface area contributed by atoms with E-state index in [4.69, 9.17) is 4.74 Å². The van der Waals surface area contributed by atoms with Gasteiger partial charge >= 0.3 is 0 Å². The zero-order chi connectivity index (χ0) is 14.0. The van der Waals surface area contributed by atoms with Gasteiger partial charge in [-0.1, -0.05) is 18.2 Å². The molecule has 2 aromatic rings. The Morgan fingerprint density at radius 3 is 1.89 bits per heavy atom. The highest BCUT2D eigenvalue weighted by molar-refractivity contribution is 7.91. The van der Waals surface area contributed by atoms with E-state index in [1.54, 1.807) is 49.6 Å². The van der Waals surface area contributed by atoms with E-state index in [1.165, 1.54) is 0 Å². The summed E-state index contributed by atoms with van der Waals surface area (Å²) in [6, 6.07) is 11.7. The minimum absolute atomic E-state index is 0.300. The van der Waals surface area contributed by atoms with Gasteiger partial charge in [0.15, 0.2) is 0 Å². The average Bonchev–Trinajstić information content (AvgIpc) is 2.39. The third kappa shape index (κ3) is 2.49. The van der Waals surface area contributed by atoms with Crippen molar-refractivity contribution < 1.29 is 13.2 Å². The maximum absolute atomic E-state index is 12.5. The lowest BCUT2D eigenvalue weighted by Gasteiger charge is -2.11. The summed E-state index contributed by atoms with van der Waals surface area (Å²) in [6.07, 6.45) is 0. The van der Waals surface area contributed by atoms with Gasteiger partial charge in [-0.25, -0.2) is 8.42 Å². The largest absolute Gasteiger partial charge is 0.496 e. The van der Waals surface area contributed by atoms with E-state index >= 15 is 0 Å². The molecular formula is C15H16O3S. The van der Waals surface area contributed by atoms with Gasteiger partial charge in [-0.15, -0.1) is 0 Å². The molecule has 0 aliphatic carbocycles. The Kier molecular flexibility index (Phi) is 3.62. The average molecular weight is 276 g/mol. The number of sulfone groups is 1. The van der Waals surface area contributed by atoms with Crippen molar-refractivity contribution >= 4 is 9.84 Å². The van der Waals surface area contributed by atoms with Crippen LogP contribution in [0.15, 0.2) is 52.3 Å². The predicted octanol–water partition coefficient (Wildman–Crippen LogP) is 3.14. The van der Waals surface area contributed by atoms with Crippen molar-refractivity contribution in [2.45, 2.75) is 23.6 Å². The van der Waals surface area contributed by atoms with Crippen LogP contribution in [0, 0.1) is 13.8 Å². The van der Waals surface area contributed by atoms with E-state index in [-0.39, 0.29) is 0 Å². The van der Waals surface area contributed by atoms with Crippen LogP contribution in [0.3, 0.4) is 0 Å². The number of hydrogen-bond donors (Lipinski definition) is 0. The lowest BCUT2D eigenvalue weighted by molar-refractivity contribution is 0.408. The van der Waals surface area contributed by atoms with E-state index in [9.17, 15) is 8.42 Å². The molecule has 4 heteroatoms. The third-order valence-corrected chi connectivity index (χ3v) is 4.75. The van der Waals surface area contributed by atoms with Gasteiger partial charge in [0.2, 0.25) is 9.84 Å². The normalized spacial score (nSPS) is 11.3. The molecule has 0 unspecified atom stereocenters. The highest BCUT2D eigenvalue weighted by atomic mass is 32.2. The molecule has 2 aromatic carbocycles. The summed E-state index contributed by atoms with van der Waals surface area (Å²) in [6.45, 7) is 3.69.